The number of amides is 1. The third-order valence-corrected chi connectivity index (χ3v) is 5.61. The maximum Gasteiger partial charge on any atom is 0.303 e. The number of carboxylic acid groups (broad SMARTS) is 1. The molecule has 2 rings (SSSR count). The molecule has 0 saturated carbocycles. The summed E-state index contributed by atoms with van der Waals surface area (Å²) in [4.78, 5) is 24.4. The fraction of sp³-hybridized carbons (Fsp3) is 0.500. The summed E-state index contributed by atoms with van der Waals surface area (Å²) in [7, 11) is 0. The van der Waals surface area contributed by atoms with E-state index in [1.54, 1.807) is 11.0 Å². The smallest absolute Gasteiger partial charge is 0.303 e. The van der Waals surface area contributed by atoms with Crippen LogP contribution in [0.15, 0.2) is 23.6 Å². The van der Waals surface area contributed by atoms with Gasteiger partial charge in [-0.1, -0.05) is 29.7 Å². The Morgan fingerprint density at radius 1 is 1.48 bits per heavy atom. The number of piperidine rings is 1. The second kappa shape index (κ2) is 11.1. The molecular weight excluding hydrogens is 386 g/mol. The third kappa shape index (κ3) is 7.37. The highest BCUT2D eigenvalue weighted by Crippen LogP contribution is 2.24. The van der Waals surface area contributed by atoms with E-state index in [2.05, 4.69) is 11.8 Å². The molecule has 27 heavy (non-hydrogen) atoms. The van der Waals surface area contributed by atoms with Crippen molar-refractivity contribution in [1.82, 2.24) is 4.90 Å². The van der Waals surface area contributed by atoms with Crippen LogP contribution < -0.4 is 0 Å². The molecule has 7 heteroatoms. The molecule has 1 unspecified atom stereocenters. The Kier molecular flexibility index (Phi) is 8.86. The van der Waals surface area contributed by atoms with E-state index < -0.39 is 12.1 Å². The summed E-state index contributed by atoms with van der Waals surface area (Å²) >= 11 is 7.51. The van der Waals surface area contributed by atoms with E-state index in [0.717, 1.165) is 18.4 Å². The monoisotopic (exact) mass is 409 g/mol. The molecule has 1 aliphatic heterocycles. The lowest BCUT2D eigenvalue weighted by atomic mass is 10.00. The maximum atomic E-state index is 12.2. The molecule has 0 aromatic carbocycles. The van der Waals surface area contributed by atoms with Gasteiger partial charge in [0.25, 0.3) is 0 Å². The van der Waals surface area contributed by atoms with E-state index in [0.29, 0.717) is 36.6 Å². The molecule has 1 saturated heterocycles. The van der Waals surface area contributed by atoms with Crippen molar-refractivity contribution in [2.24, 2.45) is 0 Å². The number of nitrogens with zero attached hydrogens (tertiary/aromatic N) is 1. The molecule has 1 aromatic heterocycles. The highest BCUT2D eigenvalue weighted by Gasteiger charge is 2.25. The largest absolute Gasteiger partial charge is 0.481 e. The number of hydrogen-bond donors (Lipinski definition) is 2. The van der Waals surface area contributed by atoms with Gasteiger partial charge in [0.05, 0.1) is 23.0 Å². The Labute approximate surface area is 168 Å². The van der Waals surface area contributed by atoms with Crippen molar-refractivity contribution in [2.75, 3.05) is 6.54 Å². The summed E-state index contributed by atoms with van der Waals surface area (Å²) in [5.41, 5.74) is 0.919. The normalized spacial score (nSPS) is 18.4. The van der Waals surface area contributed by atoms with Crippen molar-refractivity contribution in [3.63, 3.8) is 0 Å². The lowest BCUT2D eigenvalue weighted by Crippen LogP contribution is -2.42. The molecule has 1 fully saturated rings. The SMILES string of the molecule is O=C(O)CCCC#CCN1C(=O)CCC[C@@H]1/C=C/C(O)Cc1ccsc1Cl. The number of aliphatic hydroxyl groups excluding tert-OH is 1. The summed E-state index contributed by atoms with van der Waals surface area (Å²) in [6, 6.07) is 1.83. The number of unbranched alkanes of at least 4 members (excludes halogenated alkanes) is 1. The number of hydrogen-bond acceptors (Lipinski definition) is 4. The van der Waals surface area contributed by atoms with E-state index in [1.165, 1.54) is 11.3 Å². The van der Waals surface area contributed by atoms with Gasteiger partial charge in [-0.3, -0.25) is 9.59 Å². The molecular formula is C20H24ClNO4S. The van der Waals surface area contributed by atoms with Crippen molar-refractivity contribution >= 4 is 34.8 Å². The summed E-state index contributed by atoms with van der Waals surface area (Å²) in [5, 5.41) is 20.7. The molecule has 0 radical (unpaired) electrons. The molecule has 1 amide bonds. The number of likely N-dealkylation sites (tertiary alicyclic amines) is 1. The first-order valence-corrected chi connectivity index (χ1v) is 10.3. The van der Waals surface area contributed by atoms with Gasteiger partial charge in [-0.2, -0.15) is 0 Å². The van der Waals surface area contributed by atoms with Crippen molar-refractivity contribution < 1.29 is 19.8 Å². The van der Waals surface area contributed by atoms with Gasteiger partial charge in [-0.15, -0.1) is 17.3 Å². The van der Waals surface area contributed by atoms with Crippen LogP contribution in [0.25, 0.3) is 0 Å². The van der Waals surface area contributed by atoms with E-state index >= 15 is 0 Å². The van der Waals surface area contributed by atoms with Crippen LogP contribution in [-0.4, -0.2) is 45.7 Å². The van der Waals surface area contributed by atoms with Gasteiger partial charge in [0.15, 0.2) is 0 Å². The standard InChI is InChI=1S/C20H24ClNO4S/c21-20-15(11-13-27-20)14-17(23)10-9-16-6-5-7-18(24)22(16)12-4-2-1-3-8-19(25)26/h9-11,13,16-17,23H,1,3,5-8,12,14H2,(H,25,26)/b10-9+/t16-,17?/m1/s1. The Morgan fingerprint density at radius 2 is 2.30 bits per heavy atom. The van der Waals surface area contributed by atoms with Crippen LogP contribution in [0.3, 0.4) is 0 Å². The van der Waals surface area contributed by atoms with Crippen molar-refractivity contribution in [1.29, 1.82) is 0 Å². The van der Waals surface area contributed by atoms with Crippen LogP contribution in [0.4, 0.5) is 0 Å². The Balaban J connectivity index is 1.88. The van der Waals surface area contributed by atoms with E-state index in [4.69, 9.17) is 16.7 Å². The van der Waals surface area contributed by atoms with Crippen LogP contribution in [-0.2, 0) is 16.0 Å². The molecule has 0 spiro atoms. The fourth-order valence-corrected chi connectivity index (χ4v) is 3.87. The minimum atomic E-state index is -0.824. The molecule has 1 aromatic rings. The second-order valence-corrected chi connectivity index (χ2v) is 7.98. The van der Waals surface area contributed by atoms with Crippen molar-refractivity contribution in [3.05, 3.63) is 33.5 Å². The van der Waals surface area contributed by atoms with Gasteiger partial charge in [0.2, 0.25) is 5.91 Å². The first kappa shape index (κ1) is 21.5. The lowest BCUT2D eigenvalue weighted by molar-refractivity contribution is -0.137. The quantitative estimate of drug-likeness (QED) is 0.391. The summed E-state index contributed by atoms with van der Waals surface area (Å²) in [5.74, 6) is 5.14. The molecule has 0 bridgehead atoms. The zero-order valence-electron chi connectivity index (χ0n) is 15.1. The highest BCUT2D eigenvalue weighted by atomic mass is 35.5. The molecule has 2 N–H and O–H groups in total. The maximum absolute atomic E-state index is 12.2. The first-order chi connectivity index (χ1) is 13.0. The van der Waals surface area contributed by atoms with Crippen LogP contribution in [0.2, 0.25) is 4.34 Å². The molecule has 146 valence electrons. The van der Waals surface area contributed by atoms with E-state index in [-0.39, 0.29) is 18.4 Å². The van der Waals surface area contributed by atoms with Gasteiger partial charge >= 0.3 is 5.97 Å². The van der Waals surface area contributed by atoms with Gasteiger partial charge in [-0.05, 0) is 36.3 Å². The molecule has 0 aliphatic carbocycles. The zero-order chi connectivity index (χ0) is 19.6. The number of rotatable bonds is 8. The Bertz CT molecular complexity index is 734. The second-order valence-electron chi connectivity index (χ2n) is 6.46. The predicted molar refractivity (Wildman–Crippen MR) is 107 cm³/mol. The number of aliphatic carboxylic acids is 1. The molecule has 1 aliphatic rings. The fourth-order valence-electron chi connectivity index (χ4n) is 2.93. The van der Waals surface area contributed by atoms with Crippen LogP contribution in [0.1, 0.15) is 44.1 Å². The average Bonchev–Trinajstić information content (AvgIpc) is 3.02. The van der Waals surface area contributed by atoms with Gasteiger partial charge in [0.1, 0.15) is 0 Å². The van der Waals surface area contributed by atoms with Gasteiger partial charge in [0, 0.05) is 25.7 Å². The summed E-state index contributed by atoms with van der Waals surface area (Å²) in [6.07, 6.45) is 6.70. The van der Waals surface area contributed by atoms with Crippen molar-refractivity contribution in [3.8, 4) is 11.8 Å². The van der Waals surface area contributed by atoms with E-state index in [1.807, 2.05) is 17.5 Å². The van der Waals surface area contributed by atoms with Crippen LogP contribution >= 0.6 is 22.9 Å². The van der Waals surface area contributed by atoms with E-state index in [9.17, 15) is 14.7 Å². The molecule has 2 atom stereocenters. The zero-order valence-corrected chi connectivity index (χ0v) is 16.6. The minimum absolute atomic E-state index is 0.0612. The number of aliphatic hydroxyl groups is 1. The number of carbonyl (C=O) groups is 2. The van der Waals surface area contributed by atoms with Crippen LogP contribution in [0, 0.1) is 11.8 Å². The predicted octanol–water partition coefficient (Wildman–Crippen LogP) is 3.50. The molecule has 5 nitrogen and oxygen atoms in total. The first-order valence-electron chi connectivity index (χ1n) is 9.02. The Morgan fingerprint density at radius 3 is 3.00 bits per heavy atom. The lowest BCUT2D eigenvalue weighted by Gasteiger charge is -2.32. The number of carboxylic acids is 1. The summed E-state index contributed by atoms with van der Waals surface area (Å²) in [6.45, 7) is 0.327. The number of carbonyl (C=O) groups excluding carboxylic acids is 1. The number of thiophene rings is 1. The topological polar surface area (TPSA) is 77.8 Å². The average molecular weight is 410 g/mol. The highest BCUT2D eigenvalue weighted by molar-refractivity contribution is 7.14. The van der Waals surface area contributed by atoms with Crippen molar-refractivity contribution in [2.45, 2.75) is 57.1 Å². The third-order valence-electron chi connectivity index (χ3n) is 4.36. The Hall–Kier alpha value is -1.81. The van der Waals surface area contributed by atoms with Crippen LogP contribution in [0.5, 0.6) is 0 Å². The van der Waals surface area contributed by atoms with Gasteiger partial charge in [-0.25, -0.2) is 0 Å². The molecule has 2 heterocycles. The van der Waals surface area contributed by atoms with Gasteiger partial charge < -0.3 is 15.1 Å². The number of halogens is 1. The minimum Gasteiger partial charge on any atom is -0.481 e. The summed E-state index contributed by atoms with van der Waals surface area (Å²) < 4.78 is 0.690.